The molecule has 0 heterocycles. The summed E-state index contributed by atoms with van der Waals surface area (Å²) >= 11 is 0. The van der Waals surface area contributed by atoms with Gasteiger partial charge >= 0.3 is 0 Å². The van der Waals surface area contributed by atoms with Gasteiger partial charge in [-0.25, -0.2) is 0 Å². The van der Waals surface area contributed by atoms with Gasteiger partial charge in [-0.1, -0.05) is 13.8 Å². The van der Waals surface area contributed by atoms with Crippen LogP contribution in [-0.4, -0.2) is 35.2 Å². The van der Waals surface area contributed by atoms with E-state index in [0.717, 1.165) is 19.4 Å². The lowest BCUT2D eigenvalue weighted by Crippen LogP contribution is -2.26. The van der Waals surface area contributed by atoms with Crippen LogP contribution in [0, 0.1) is 0 Å². The maximum atomic E-state index is 9.53. The van der Waals surface area contributed by atoms with Crippen molar-refractivity contribution in [3.63, 3.8) is 0 Å². The summed E-state index contributed by atoms with van der Waals surface area (Å²) in [6.07, 6.45) is 4.48. The van der Waals surface area contributed by atoms with E-state index < -0.39 is 5.60 Å². The van der Waals surface area contributed by atoms with Crippen molar-refractivity contribution in [2.45, 2.75) is 59.0 Å². The summed E-state index contributed by atoms with van der Waals surface area (Å²) in [7, 11) is 0. The molecule has 86 valence electrons. The molecule has 0 saturated carbocycles. The molecule has 2 heteroatoms. The molecule has 0 aliphatic heterocycles. The summed E-state index contributed by atoms with van der Waals surface area (Å²) < 4.78 is 0. The first-order chi connectivity index (χ1) is 6.49. The number of hydrogen-bond donors (Lipinski definition) is 1. The van der Waals surface area contributed by atoms with E-state index in [9.17, 15) is 5.11 Å². The molecule has 2 nitrogen and oxygen atoms in total. The van der Waals surface area contributed by atoms with Gasteiger partial charge in [0.2, 0.25) is 0 Å². The lowest BCUT2D eigenvalue weighted by Gasteiger charge is -2.21. The Hall–Kier alpha value is -0.0800. The van der Waals surface area contributed by atoms with Gasteiger partial charge < -0.3 is 10.0 Å². The lowest BCUT2D eigenvalue weighted by molar-refractivity contribution is 0.0672. The number of nitrogens with zero attached hydrogens (tertiary/aromatic N) is 1. The smallest absolute Gasteiger partial charge is 0.0591 e. The largest absolute Gasteiger partial charge is 0.390 e. The standard InChI is InChI=1S/C12H27NO/c1-5-10-13(6-2)11-8-7-9-12(3,4)14/h14H,5-11H2,1-4H3. The summed E-state index contributed by atoms with van der Waals surface area (Å²) in [4.78, 5) is 2.48. The van der Waals surface area contributed by atoms with Gasteiger partial charge in [0.15, 0.2) is 0 Å². The molecule has 0 saturated heterocycles. The topological polar surface area (TPSA) is 23.5 Å². The molecule has 0 rings (SSSR count). The summed E-state index contributed by atoms with van der Waals surface area (Å²) in [5.74, 6) is 0. The Morgan fingerprint density at radius 3 is 2.14 bits per heavy atom. The van der Waals surface area contributed by atoms with Gasteiger partial charge in [0.25, 0.3) is 0 Å². The number of aliphatic hydroxyl groups is 1. The summed E-state index contributed by atoms with van der Waals surface area (Å²) in [6, 6.07) is 0. The van der Waals surface area contributed by atoms with Crippen LogP contribution in [0.1, 0.15) is 53.4 Å². The minimum absolute atomic E-state index is 0.484. The molecule has 0 radical (unpaired) electrons. The second kappa shape index (κ2) is 7.24. The third kappa shape index (κ3) is 8.52. The molecule has 0 unspecified atom stereocenters. The van der Waals surface area contributed by atoms with Crippen LogP contribution in [0.3, 0.4) is 0 Å². The zero-order valence-corrected chi connectivity index (χ0v) is 10.3. The van der Waals surface area contributed by atoms with Crippen molar-refractivity contribution < 1.29 is 5.11 Å². The molecular formula is C12H27NO. The Morgan fingerprint density at radius 2 is 1.71 bits per heavy atom. The van der Waals surface area contributed by atoms with Crippen LogP contribution in [0.15, 0.2) is 0 Å². The van der Waals surface area contributed by atoms with Crippen molar-refractivity contribution in [1.29, 1.82) is 0 Å². The van der Waals surface area contributed by atoms with Gasteiger partial charge in [0.05, 0.1) is 5.60 Å². The highest BCUT2D eigenvalue weighted by Crippen LogP contribution is 2.12. The Kier molecular flexibility index (Phi) is 7.20. The fraction of sp³-hybridized carbons (Fsp3) is 1.00. The predicted molar refractivity (Wildman–Crippen MR) is 62.6 cm³/mol. The minimum atomic E-state index is -0.484. The number of unbranched alkanes of at least 4 members (excludes halogenated alkanes) is 1. The quantitative estimate of drug-likeness (QED) is 0.610. The zero-order chi connectivity index (χ0) is 11.0. The second-order valence-corrected chi connectivity index (χ2v) is 4.70. The van der Waals surface area contributed by atoms with E-state index in [0.29, 0.717) is 0 Å². The van der Waals surface area contributed by atoms with E-state index in [1.807, 2.05) is 13.8 Å². The van der Waals surface area contributed by atoms with Crippen LogP contribution >= 0.6 is 0 Å². The first-order valence-electron chi connectivity index (χ1n) is 5.94. The number of rotatable bonds is 8. The van der Waals surface area contributed by atoms with Crippen LogP contribution < -0.4 is 0 Å². The SMILES string of the molecule is CCCN(CC)CCCCC(C)(C)O. The highest BCUT2D eigenvalue weighted by molar-refractivity contribution is 4.65. The molecule has 0 aromatic heterocycles. The first kappa shape index (κ1) is 13.9. The van der Waals surface area contributed by atoms with Gasteiger partial charge in [-0.3, -0.25) is 0 Å². The van der Waals surface area contributed by atoms with Gasteiger partial charge in [-0.05, 0) is 59.2 Å². The van der Waals surface area contributed by atoms with Gasteiger partial charge in [0.1, 0.15) is 0 Å². The van der Waals surface area contributed by atoms with E-state index in [1.165, 1.54) is 25.9 Å². The molecule has 0 aliphatic carbocycles. The van der Waals surface area contributed by atoms with Crippen molar-refractivity contribution in [2.75, 3.05) is 19.6 Å². The van der Waals surface area contributed by atoms with Crippen LogP contribution in [0.5, 0.6) is 0 Å². The zero-order valence-electron chi connectivity index (χ0n) is 10.3. The van der Waals surface area contributed by atoms with Crippen molar-refractivity contribution in [2.24, 2.45) is 0 Å². The van der Waals surface area contributed by atoms with Gasteiger partial charge in [-0.2, -0.15) is 0 Å². The van der Waals surface area contributed by atoms with Crippen LogP contribution in [0.2, 0.25) is 0 Å². The van der Waals surface area contributed by atoms with Crippen molar-refractivity contribution >= 4 is 0 Å². The molecule has 0 atom stereocenters. The first-order valence-corrected chi connectivity index (χ1v) is 5.94. The summed E-state index contributed by atoms with van der Waals surface area (Å²) in [5, 5.41) is 9.53. The van der Waals surface area contributed by atoms with Gasteiger partial charge in [0, 0.05) is 0 Å². The maximum Gasteiger partial charge on any atom is 0.0591 e. The fourth-order valence-electron chi connectivity index (χ4n) is 1.64. The monoisotopic (exact) mass is 201 g/mol. The van der Waals surface area contributed by atoms with Crippen molar-refractivity contribution in [1.82, 2.24) is 4.90 Å². The maximum absolute atomic E-state index is 9.53. The molecule has 0 aromatic rings. The van der Waals surface area contributed by atoms with Crippen molar-refractivity contribution in [3.05, 3.63) is 0 Å². The third-order valence-corrected chi connectivity index (χ3v) is 2.50. The second-order valence-electron chi connectivity index (χ2n) is 4.70. The molecular weight excluding hydrogens is 174 g/mol. The van der Waals surface area contributed by atoms with Crippen LogP contribution in [0.25, 0.3) is 0 Å². The van der Waals surface area contributed by atoms with E-state index in [2.05, 4.69) is 18.7 Å². The Bertz CT molecular complexity index is 129. The average Bonchev–Trinajstić information content (AvgIpc) is 2.08. The molecule has 0 fully saturated rings. The summed E-state index contributed by atoms with van der Waals surface area (Å²) in [5.41, 5.74) is -0.484. The highest BCUT2D eigenvalue weighted by atomic mass is 16.3. The van der Waals surface area contributed by atoms with E-state index in [1.54, 1.807) is 0 Å². The highest BCUT2D eigenvalue weighted by Gasteiger charge is 2.11. The van der Waals surface area contributed by atoms with Crippen molar-refractivity contribution in [3.8, 4) is 0 Å². The predicted octanol–water partition coefficient (Wildman–Crippen LogP) is 2.66. The molecule has 0 bridgehead atoms. The third-order valence-electron chi connectivity index (χ3n) is 2.50. The van der Waals surface area contributed by atoms with Crippen LogP contribution in [0.4, 0.5) is 0 Å². The van der Waals surface area contributed by atoms with Crippen LogP contribution in [-0.2, 0) is 0 Å². The molecule has 0 amide bonds. The fourth-order valence-corrected chi connectivity index (χ4v) is 1.64. The van der Waals surface area contributed by atoms with Gasteiger partial charge in [-0.15, -0.1) is 0 Å². The van der Waals surface area contributed by atoms with E-state index in [-0.39, 0.29) is 0 Å². The normalized spacial score (nSPS) is 12.4. The molecule has 14 heavy (non-hydrogen) atoms. The number of hydrogen-bond acceptors (Lipinski definition) is 2. The average molecular weight is 201 g/mol. The molecule has 0 aliphatic rings. The molecule has 1 N–H and O–H groups in total. The Balaban J connectivity index is 3.42. The van der Waals surface area contributed by atoms with E-state index in [4.69, 9.17) is 0 Å². The lowest BCUT2D eigenvalue weighted by atomic mass is 10.0. The Labute approximate surface area is 89.3 Å². The summed E-state index contributed by atoms with van der Waals surface area (Å²) in [6.45, 7) is 11.7. The minimum Gasteiger partial charge on any atom is -0.390 e. The molecule has 0 spiro atoms. The Morgan fingerprint density at radius 1 is 1.07 bits per heavy atom. The van der Waals surface area contributed by atoms with E-state index >= 15 is 0 Å². The molecule has 0 aromatic carbocycles.